The minimum Gasteiger partial charge on any atom is -0.368 e. The van der Waals surface area contributed by atoms with Gasteiger partial charge in [0.05, 0.1) is 11.0 Å². The highest BCUT2D eigenvalue weighted by molar-refractivity contribution is 6.30. The van der Waals surface area contributed by atoms with Crippen molar-refractivity contribution in [2.24, 2.45) is 0 Å². The van der Waals surface area contributed by atoms with Gasteiger partial charge in [-0.25, -0.2) is 4.98 Å². The third kappa shape index (κ3) is 4.40. The number of rotatable bonds is 6. The molecule has 0 aliphatic carbocycles. The molecule has 0 aliphatic rings. The molecule has 1 aromatic carbocycles. The van der Waals surface area contributed by atoms with Crippen LogP contribution in [0, 0.1) is 17.0 Å². The largest absolute Gasteiger partial charge is 0.368 e. The van der Waals surface area contributed by atoms with E-state index in [1.54, 1.807) is 6.92 Å². The maximum atomic E-state index is 10.8. The topological polar surface area (TPSA) is 71.3 Å². The summed E-state index contributed by atoms with van der Waals surface area (Å²) in [5, 5.41) is 14.7. The molecule has 0 aliphatic heterocycles. The van der Waals surface area contributed by atoms with E-state index in [1.807, 2.05) is 38.4 Å². The van der Waals surface area contributed by atoms with Gasteiger partial charge in [-0.1, -0.05) is 23.7 Å². The summed E-state index contributed by atoms with van der Waals surface area (Å²) in [6, 6.07) is 9.35. The number of nitro groups is 1. The van der Waals surface area contributed by atoms with Gasteiger partial charge in [-0.05, 0) is 44.3 Å². The van der Waals surface area contributed by atoms with Crippen LogP contribution in [0.4, 0.5) is 11.5 Å². The van der Waals surface area contributed by atoms with Crippen LogP contribution >= 0.6 is 11.6 Å². The number of anilines is 1. The van der Waals surface area contributed by atoms with Crippen LogP contribution in [0.1, 0.15) is 17.2 Å². The van der Waals surface area contributed by atoms with E-state index in [0.717, 1.165) is 11.1 Å². The Morgan fingerprint density at radius 2 is 2.00 bits per heavy atom. The van der Waals surface area contributed by atoms with Crippen molar-refractivity contribution >= 4 is 23.1 Å². The molecule has 0 radical (unpaired) electrons. The monoisotopic (exact) mass is 334 g/mol. The number of aromatic nitrogens is 1. The Labute approximate surface area is 140 Å². The summed E-state index contributed by atoms with van der Waals surface area (Å²) in [5.74, 6) is 0.649. The van der Waals surface area contributed by atoms with Gasteiger partial charge in [0.25, 0.3) is 5.69 Å². The number of likely N-dealkylation sites (N-methyl/N-ethyl adjacent to an activating group) is 1. The van der Waals surface area contributed by atoms with Gasteiger partial charge in [-0.3, -0.25) is 10.1 Å². The number of pyridine rings is 1. The van der Waals surface area contributed by atoms with Crippen LogP contribution in [-0.2, 0) is 0 Å². The zero-order chi connectivity index (χ0) is 17.0. The van der Waals surface area contributed by atoms with Crippen LogP contribution in [-0.4, -0.2) is 35.4 Å². The van der Waals surface area contributed by atoms with Crippen LogP contribution in [0.15, 0.2) is 36.5 Å². The lowest BCUT2D eigenvalue weighted by Crippen LogP contribution is -2.27. The molecule has 1 atom stereocenters. The number of hydrogen-bond acceptors (Lipinski definition) is 5. The molecule has 2 aromatic rings. The summed E-state index contributed by atoms with van der Waals surface area (Å²) < 4.78 is 0. The summed E-state index contributed by atoms with van der Waals surface area (Å²) in [5.41, 5.74) is 1.87. The summed E-state index contributed by atoms with van der Waals surface area (Å²) >= 11 is 5.94. The molecule has 0 bridgehead atoms. The second-order valence-corrected chi connectivity index (χ2v) is 5.96. The number of nitrogens with zero attached hydrogens (tertiary/aromatic N) is 3. The van der Waals surface area contributed by atoms with Crippen molar-refractivity contribution in [2.75, 3.05) is 26.0 Å². The molecule has 122 valence electrons. The second kappa shape index (κ2) is 7.39. The number of aryl methyl sites for hydroxylation is 1. The predicted octanol–water partition coefficient (Wildman–Crippen LogP) is 3.67. The summed E-state index contributed by atoms with van der Waals surface area (Å²) in [7, 11) is 3.99. The lowest BCUT2D eigenvalue weighted by molar-refractivity contribution is -0.385. The lowest BCUT2D eigenvalue weighted by atomic mass is 10.1. The van der Waals surface area contributed by atoms with Gasteiger partial charge in [0, 0.05) is 17.6 Å². The average molecular weight is 335 g/mol. The molecule has 2 rings (SSSR count). The van der Waals surface area contributed by atoms with E-state index in [2.05, 4.69) is 15.2 Å². The van der Waals surface area contributed by atoms with Crippen LogP contribution in [0.3, 0.4) is 0 Å². The minimum absolute atomic E-state index is 0.00471. The van der Waals surface area contributed by atoms with Crippen molar-refractivity contribution in [3.8, 4) is 0 Å². The first-order valence-electron chi connectivity index (χ1n) is 7.15. The maximum Gasteiger partial charge on any atom is 0.287 e. The first-order valence-corrected chi connectivity index (χ1v) is 7.53. The predicted molar refractivity (Wildman–Crippen MR) is 92.0 cm³/mol. The number of hydrogen-bond donors (Lipinski definition) is 1. The van der Waals surface area contributed by atoms with Gasteiger partial charge in [0.2, 0.25) is 0 Å². The standard InChI is InChI=1S/C16H19ClN4O2/c1-11-8-14(21(22)23)9-18-16(11)19-10-15(20(2)3)12-4-6-13(17)7-5-12/h4-9,15H,10H2,1-3H3,(H,18,19). The highest BCUT2D eigenvalue weighted by Gasteiger charge is 2.15. The molecule has 0 fully saturated rings. The molecule has 7 heteroatoms. The highest BCUT2D eigenvalue weighted by atomic mass is 35.5. The van der Waals surface area contributed by atoms with Crippen molar-refractivity contribution < 1.29 is 4.92 Å². The van der Waals surface area contributed by atoms with Crippen molar-refractivity contribution in [1.82, 2.24) is 9.88 Å². The molecule has 23 heavy (non-hydrogen) atoms. The Kier molecular flexibility index (Phi) is 5.52. The van der Waals surface area contributed by atoms with Crippen molar-refractivity contribution in [3.05, 3.63) is 62.8 Å². The molecule has 6 nitrogen and oxygen atoms in total. The smallest absolute Gasteiger partial charge is 0.287 e. The summed E-state index contributed by atoms with van der Waals surface area (Å²) in [4.78, 5) is 16.6. The van der Waals surface area contributed by atoms with Gasteiger partial charge in [0.1, 0.15) is 12.0 Å². The van der Waals surface area contributed by atoms with Crippen LogP contribution in [0.5, 0.6) is 0 Å². The van der Waals surface area contributed by atoms with Crippen molar-refractivity contribution in [3.63, 3.8) is 0 Å². The van der Waals surface area contributed by atoms with E-state index < -0.39 is 4.92 Å². The fourth-order valence-corrected chi connectivity index (χ4v) is 2.45. The highest BCUT2D eigenvalue weighted by Crippen LogP contribution is 2.23. The average Bonchev–Trinajstić information content (AvgIpc) is 2.50. The Bertz CT molecular complexity index is 689. The van der Waals surface area contributed by atoms with E-state index in [1.165, 1.54) is 12.3 Å². The molecule has 0 amide bonds. The third-order valence-electron chi connectivity index (χ3n) is 3.62. The Morgan fingerprint density at radius 3 is 2.52 bits per heavy atom. The Hall–Kier alpha value is -2.18. The minimum atomic E-state index is -0.444. The first kappa shape index (κ1) is 17.2. The lowest BCUT2D eigenvalue weighted by Gasteiger charge is -2.25. The van der Waals surface area contributed by atoms with Crippen LogP contribution in [0.25, 0.3) is 0 Å². The van der Waals surface area contributed by atoms with Crippen molar-refractivity contribution in [1.29, 1.82) is 0 Å². The molecule has 1 N–H and O–H groups in total. The quantitative estimate of drug-likeness (QED) is 0.644. The van der Waals surface area contributed by atoms with E-state index in [0.29, 0.717) is 17.4 Å². The molecule has 0 spiro atoms. The molecular formula is C16H19ClN4O2. The first-order chi connectivity index (χ1) is 10.9. The van der Waals surface area contributed by atoms with Gasteiger partial charge in [-0.2, -0.15) is 0 Å². The van der Waals surface area contributed by atoms with Gasteiger partial charge < -0.3 is 10.2 Å². The Balaban J connectivity index is 2.13. The van der Waals surface area contributed by atoms with Crippen molar-refractivity contribution in [2.45, 2.75) is 13.0 Å². The zero-order valence-corrected chi connectivity index (χ0v) is 14.0. The van der Waals surface area contributed by atoms with Gasteiger partial charge in [0.15, 0.2) is 0 Å². The molecule has 0 saturated carbocycles. The van der Waals surface area contributed by atoms with Crippen LogP contribution < -0.4 is 5.32 Å². The Morgan fingerprint density at radius 1 is 1.35 bits per heavy atom. The fourth-order valence-electron chi connectivity index (χ4n) is 2.32. The molecular weight excluding hydrogens is 316 g/mol. The molecule has 1 heterocycles. The third-order valence-corrected chi connectivity index (χ3v) is 3.87. The van der Waals surface area contributed by atoms with Gasteiger partial charge >= 0.3 is 0 Å². The molecule has 0 saturated heterocycles. The summed E-state index contributed by atoms with van der Waals surface area (Å²) in [6.07, 6.45) is 1.27. The van der Waals surface area contributed by atoms with E-state index in [9.17, 15) is 10.1 Å². The number of benzene rings is 1. The normalized spacial score (nSPS) is 12.2. The van der Waals surface area contributed by atoms with Gasteiger partial charge in [-0.15, -0.1) is 0 Å². The maximum absolute atomic E-state index is 10.8. The molecule has 1 unspecified atom stereocenters. The number of halogens is 1. The molecule has 1 aromatic heterocycles. The number of nitrogens with one attached hydrogen (secondary N) is 1. The van der Waals surface area contributed by atoms with E-state index in [4.69, 9.17) is 11.6 Å². The summed E-state index contributed by atoms with van der Waals surface area (Å²) in [6.45, 7) is 2.43. The second-order valence-electron chi connectivity index (χ2n) is 5.53. The SMILES string of the molecule is Cc1cc([N+](=O)[O-])cnc1NCC(c1ccc(Cl)cc1)N(C)C. The van der Waals surface area contributed by atoms with E-state index in [-0.39, 0.29) is 11.7 Å². The van der Waals surface area contributed by atoms with Crippen LogP contribution in [0.2, 0.25) is 5.02 Å². The van der Waals surface area contributed by atoms with E-state index >= 15 is 0 Å². The fraction of sp³-hybridized carbons (Fsp3) is 0.312. The zero-order valence-electron chi connectivity index (χ0n) is 13.3.